The molecular weight excluding hydrogens is 412 g/mol. The van der Waals surface area contributed by atoms with E-state index in [9.17, 15) is 19.7 Å². The largest absolute Gasteiger partial charge is 0.496 e. The molecule has 0 N–H and O–H groups in total. The number of amides is 2. The molecule has 1 aliphatic rings. The third-order valence-electron chi connectivity index (χ3n) is 4.38. The fraction of sp³-hybridized carbons (Fsp3) is 0.200. The molecule has 0 atom stereocenters. The third-order valence-corrected chi connectivity index (χ3v) is 5.29. The van der Waals surface area contributed by atoms with Gasteiger partial charge in [0.15, 0.2) is 11.5 Å². The van der Waals surface area contributed by atoms with Gasteiger partial charge < -0.3 is 14.2 Å². The molecule has 156 valence electrons. The van der Waals surface area contributed by atoms with Gasteiger partial charge in [0.2, 0.25) is 0 Å². The molecule has 0 saturated carbocycles. The summed E-state index contributed by atoms with van der Waals surface area (Å²) in [6.45, 7) is 0.0169. The van der Waals surface area contributed by atoms with Crippen molar-refractivity contribution in [3.05, 3.63) is 62.5 Å². The Labute approximate surface area is 176 Å². The first-order valence-corrected chi connectivity index (χ1v) is 9.48. The number of carbonyl (C=O) groups excluding carboxylic acids is 2. The maximum atomic E-state index is 12.8. The summed E-state index contributed by atoms with van der Waals surface area (Å²) in [6, 6.07) is 8.98. The number of hydrogen-bond donors (Lipinski definition) is 0. The van der Waals surface area contributed by atoms with Gasteiger partial charge in [0.1, 0.15) is 5.75 Å². The van der Waals surface area contributed by atoms with Crippen LogP contribution in [0.4, 0.5) is 10.5 Å². The summed E-state index contributed by atoms with van der Waals surface area (Å²) in [6.07, 6.45) is 1.56. The summed E-state index contributed by atoms with van der Waals surface area (Å²) < 4.78 is 15.9. The standard InChI is InChI=1S/C20H18N2O7S/c1-27-15-10-17(29-3)16(28-2)8-13(15)9-18-19(23)21(20(24)30-18)11-12-4-6-14(7-5-12)22(25)26/h4-10H,11H2,1-3H3/b18-9+. The van der Waals surface area contributed by atoms with Crippen molar-refractivity contribution in [1.29, 1.82) is 0 Å². The van der Waals surface area contributed by atoms with Crippen molar-refractivity contribution in [3.8, 4) is 17.2 Å². The van der Waals surface area contributed by atoms with Crippen LogP contribution in [0.25, 0.3) is 6.08 Å². The van der Waals surface area contributed by atoms with Gasteiger partial charge in [-0.2, -0.15) is 0 Å². The Balaban J connectivity index is 1.87. The maximum Gasteiger partial charge on any atom is 0.293 e. The zero-order chi connectivity index (χ0) is 21.8. The monoisotopic (exact) mass is 430 g/mol. The second kappa shape index (κ2) is 8.87. The highest BCUT2D eigenvalue weighted by Crippen LogP contribution is 2.39. The summed E-state index contributed by atoms with van der Waals surface area (Å²) in [5.74, 6) is 0.919. The van der Waals surface area contributed by atoms with Gasteiger partial charge in [-0.1, -0.05) is 12.1 Å². The highest BCUT2D eigenvalue weighted by molar-refractivity contribution is 8.18. The van der Waals surface area contributed by atoms with Gasteiger partial charge in [0.05, 0.1) is 37.7 Å². The SMILES string of the molecule is COc1cc(OC)c(OC)cc1/C=C1/SC(=O)N(Cc2ccc([N+](=O)[O-])cc2)C1=O. The molecule has 2 aromatic carbocycles. The number of nitro groups is 1. The van der Waals surface area contributed by atoms with Gasteiger partial charge in [-0.05, 0) is 29.5 Å². The second-order valence-corrected chi connectivity index (χ2v) is 7.13. The molecule has 1 aliphatic heterocycles. The molecule has 0 radical (unpaired) electrons. The average Bonchev–Trinajstić information content (AvgIpc) is 3.01. The normalized spacial score (nSPS) is 14.9. The average molecular weight is 430 g/mol. The molecule has 30 heavy (non-hydrogen) atoms. The first-order valence-electron chi connectivity index (χ1n) is 8.66. The molecule has 0 aromatic heterocycles. The predicted octanol–water partition coefficient (Wildman–Crippen LogP) is 3.86. The van der Waals surface area contributed by atoms with Crippen LogP contribution >= 0.6 is 11.8 Å². The van der Waals surface area contributed by atoms with Crippen LogP contribution in [0.15, 0.2) is 41.3 Å². The van der Waals surface area contributed by atoms with Crippen molar-refractivity contribution in [2.24, 2.45) is 0 Å². The molecule has 0 bridgehead atoms. The van der Waals surface area contributed by atoms with Crippen LogP contribution in [-0.4, -0.2) is 42.3 Å². The van der Waals surface area contributed by atoms with E-state index < -0.39 is 16.1 Å². The lowest BCUT2D eigenvalue weighted by Crippen LogP contribution is -2.27. The number of benzene rings is 2. The number of carbonyl (C=O) groups is 2. The molecule has 0 spiro atoms. The zero-order valence-corrected chi connectivity index (χ0v) is 17.2. The minimum absolute atomic E-state index is 0.0169. The number of rotatable bonds is 7. The minimum atomic E-state index is -0.511. The Bertz CT molecular complexity index is 1030. The van der Waals surface area contributed by atoms with E-state index in [4.69, 9.17) is 14.2 Å². The molecule has 1 fully saturated rings. The molecule has 1 saturated heterocycles. The van der Waals surface area contributed by atoms with Crippen LogP contribution < -0.4 is 14.2 Å². The quantitative estimate of drug-likeness (QED) is 0.370. The van der Waals surface area contributed by atoms with Crippen LogP contribution in [0.1, 0.15) is 11.1 Å². The molecule has 9 nitrogen and oxygen atoms in total. The maximum absolute atomic E-state index is 12.8. The van der Waals surface area contributed by atoms with Gasteiger partial charge in [-0.15, -0.1) is 0 Å². The molecule has 0 unspecified atom stereocenters. The minimum Gasteiger partial charge on any atom is -0.496 e. The van der Waals surface area contributed by atoms with Crippen molar-refractivity contribution in [2.45, 2.75) is 6.54 Å². The van der Waals surface area contributed by atoms with E-state index in [2.05, 4.69) is 0 Å². The van der Waals surface area contributed by atoms with E-state index in [1.54, 1.807) is 18.2 Å². The lowest BCUT2D eigenvalue weighted by molar-refractivity contribution is -0.384. The van der Waals surface area contributed by atoms with E-state index in [1.807, 2.05) is 0 Å². The Hall–Kier alpha value is -3.53. The number of non-ortho nitro benzene ring substituents is 1. The molecule has 1 heterocycles. The van der Waals surface area contributed by atoms with E-state index in [1.165, 1.54) is 45.6 Å². The fourth-order valence-electron chi connectivity index (χ4n) is 2.85. The van der Waals surface area contributed by atoms with E-state index in [0.29, 0.717) is 28.4 Å². The second-order valence-electron chi connectivity index (χ2n) is 6.14. The number of methoxy groups -OCH3 is 3. The van der Waals surface area contributed by atoms with E-state index in [0.717, 1.165) is 16.7 Å². The van der Waals surface area contributed by atoms with Crippen molar-refractivity contribution in [3.63, 3.8) is 0 Å². The lowest BCUT2D eigenvalue weighted by atomic mass is 10.1. The lowest BCUT2D eigenvalue weighted by Gasteiger charge is -2.13. The van der Waals surface area contributed by atoms with Crippen molar-refractivity contribution in [2.75, 3.05) is 21.3 Å². The molecule has 3 rings (SSSR count). The summed E-state index contributed by atoms with van der Waals surface area (Å²) in [5, 5.41) is 10.3. The Morgan fingerprint density at radius 2 is 1.60 bits per heavy atom. The van der Waals surface area contributed by atoms with Crippen LogP contribution in [0.5, 0.6) is 17.2 Å². The number of nitrogens with zero attached hydrogens (tertiary/aromatic N) is 2. The smallest absolute Gasteiger partial charge is 0.293 e. The van der Waals surface area contributed by atoms with E-state index in [-0.39, 0.29) is 17.1 Å². The number of nitro benzene ring substituents is 1. The van der Waals surface area contributed by atoms with Crippen molar-refractivity contribution < 1.29 is 28.7 Å². The Morgan fingerprint density at radius 1 is 1.00 bits per heavy atom. The molecular formula is C20H18N2O7S. The molecule has 0 aliphatic carbocycles. The van der Waals surface area contributed by atoms with Crippen LogP contribution in [0.2, 0.25) is 0 Å². The topological polar surface area (TPSA) is 108 Å². The van der Waals surface area contributed by atoms with Gasteiger partial charge >= 0.3 is 0 Å². The number of ether oxygens (including phenoxy) is 3. The molecule has 2 amide bonds. The van der Waals surface area contributed by atoms with E-state index >= 15 is 0 Å². The number of thioether (sulfide) groups is 1. The summed E-state index contributed by atoms with van der Waals surface area (Å²) in [4.78, 5) is 36.7. The van der Waals surface area contributed by atoms with Gasteiger partial charge in [0.25, 0.3) is 16.8 Å². The highest BCUT2D eigenvalue weighted by atomic mass is 32.2. The summed E-state index contributed by atoms with van der Waals surface area (Å²) >= 11 is 0.809. The summed E-state index contributed by atoms with van der Waals surface area (Å²) in [7, 11) is 4.48. The van der Waals surface area contributed by atoms with Gasteiger partial charge in [-0.3, -0.25) is 24.6 Å². The summed E-state index contributed by atoms with van der Waals surface area (Å²) in [5.41, 5.74) is 1.09. The van der Waals surface area contributed by atoms with Gasteiger partial charge in [0, 0.05) is 23.8 Å². The zero-order valence-electron chi connectivity index (χ0n) is 16.4. The fourth-order valence-corrected chi connectivity index (χ4v) is 3.68. The van der Waals surface area contributed by atoms with Crippen molar-refractivity contribution >= 4 is 34.7 Å². The Morgan fingerprint density at radius 3 is 2.17 bits per heavy atom. The van der Waals surface area contributed by atoms with Crippen LogP contribution in [-0.2, 0) is 11.3 Å². The molecule has 10 heteroatoms. The van der Waals surface area contributed by atoms with Crippen LogP contribution in [0.3, 0.4) is 0 Å². The number of imide groups is 1. The van der Waals surface area contributed by atoms with Crippen molar-refractivity contribution in [1.82, 2.24) is 4.90 Å². The first-order chi connectivity index (χ1) is 14.4. The van der Waals surface area contributed by atoms with Gasteiger partial charge in [-0.25, -0.2) is 0 Å². The third kappa shape index (κ3) is 4.23. The molecule has 2 aromatic rings. The first kappa shape index (κ1) is 21.2. The number of hydrogen-bond acceptors (Lipinski definition) is 8. The van der Waals surface area contributed by atoms with Crippen LogP contribution in [0, 0.1) is 10.1 Å². The predicted molar refractivity (Wildman–Crippen MR) is 111 cm³/mol. The highest BCUT2D eigenvalue weighted by Gasteiger charge is 2.35. The Kier molecular flexibility index (Phi) is 6.26.